The van der Waals surface area contributed by atoms with E-state index in [1.807, 2.05) is 0 Å². The van der Waals surface area contributed by atoms with Crippen LogP contribution >= 0.6 is 11.8 Å². The third kappa shape index (κ3) is 3.56. The number of hydrogen-bond donors (Lipinski definition) is 1. The van der Waals surface area contributed by atoms with Gasteiger partial charge in [-0.15, -0.1) is 0 Å². The Bertz CT molecular complexity index is 469. The highest BCUT2D eigenvalue weighted by atomic mass is 32.2. The van der Waals surface area contributed by atoms with Gasteiger partial charge in [0.1, 0.15) is 6.20 Å². The normalized spacial score (nSPS) is 23.1. The van der Waals surface area contributed by atoms with Gasteiger partial charge < -0.3 is 5.32 Å². The molecule has 0 aromatic carbocycles. The minimum atomic E-state index is -0.409. The molecule has 7 heteroatoms. The summed E-state index contributed by atoms with van der Waals surface area (Å²) in [7, 11) is 1.71. The van der Waals surface area contributed by atoms with Crippen molar-refractivity contribution in [3.8, 4) is 0 Å². The summed E-state index contributed by atoms with van der Waals surface area (Å²) in [5, 5.41) is 14.7. The first-order valence-electron chi connectivity index (χ1n) is 6.46. The first kappa shape index (κ1) is 14.0. The highest BCUT2D eigenvalue weighted by molar-refractivity contribution is 8.00. The van der Waals surface area contributed by atoms with Gasteiger partial charge in [0.15, 0.2) is 5.03 Å². The van der Waals surface area contributed by atoms with E-state index < -0.39 is 4.92 Å². The molecule has 0 amide bonds. The zero-order chi connectivity index (χ0) is 13.8. The van der Waals surface area contributed by atoms with Crippen molar-refractivity contribution in [3.63, 3.8) is 0 Å². The number of anilines is 1. The van der Waals surface area contributed by atoms with Crippen molar-refractivity contribution in [1.29, 1.82) is 0 Å². The summed E-state index contributed by atoms with van der Waals surface area (Å²) in [5.74, 6) is 1.12. The summed E-state index contributed by atoms with van der Waals surface area (Å²) in [4.78, 5) is 18.8. The molecule has 2 atom stereocenters. The number of rotatable bonds is 4. The Morgan fingerprint density at radius 3 is 2.95 bits per heavy atom. The summed E-state index contributed by atoms with van der Waals surface area (Å²) in [6, 6.07) is 0. The first-order valence-corrected chi connectivity index (χ1v) is 7.34. The predicted molar refractivity (Wildman–Crippen MR) is 75.5 cm³/mol. The quantitative estimate of drug-likeness (QED) is 0.519. The number of nitro groups is 1. The molecule has 1 heterocycles. The molecular formula is C12H18N4O2S. The largest absolute Gasteiger partial charge is 0.357 e. The smallest absolute Gasteiger partial charge is 0.319 e. The van der Waals surface area contributed by atoms with Crippen molar-refractivity contribution in [1.82, 2.24) is 9.97 Å². The van der Waals surface area contributed by atoms with Crippen LogP contribution in [0.15, 0.2) is 11.2 Å². The third-order valence-electron chi connectivity index (χ3n) is 3.32. The van der Waals surface area contributed by atoms with Gasteiger partial charge in [0.2, 0.25) is 5.95 Å². The average Bonchev–Trinajstić information content (AvgIpc) is 2.38. The Kier molecular flexibility index (Phi) is 4.57. The zero-order valence-electron chi connectivity index (χ0n) is 11.1. The van der Waals surface area contributed by atoms with Gasteiger partial charge in [-0.1, -0.05) is 31.5 Å². The van der Waals surface area contributed by atoms with Crippen LogP contribution in [0.3, 0.4) is 0 Å². The second-order valence-corrected chi connectivity index (χ2v) is 6.19. The lowest BCUT2D eigenvalue weighted by atomic mass is 9.91. The lowest BCUT2D eigenvalue weighted by Crippen LogP contribution is -2.15. The van der Waals surface area contributed by atoms with E-state index in [0.29, 0.717) is 22.1 Å². The molecule has 2 unspecified atom stereocenters. The molecule has 19 heavy (non-hydrogen) atoms. The second-order valence-electron chi connectivity index (χ2n) is 4.90. The van der Waals surface area contributed by atoms with Crippen LogP contribution in [0.2, 0.25) is 0 Å². The van der Waals surface area contributed by atoms with Crippen LogP contribution in [0.25, 0.3) is 0 Å². The Morgan fingerprint density at radius 1 is 1.53 bits per heavy atom. The Hall–Kier alpha value is -1.37. The van der Waals surface area contributed by atoms with E-state index in [4.69, 9.17) is 0 Å². The Morgan fingerprint density at radius 2 is 2.32 bits per heavy atom. The van der Waals surface area contributed by atoms with Crippen LogP contribution in [-0.2, 0) is 0 Å². The SMILES string of the molecule is CNc1ncc([N+](=O)[O-])c(SC2CCCC(C)C2)n1. The number of thioether (sulfide) groups is 1. The van der Waals surface area contributed by atoms with Crippen molar-refractivity contribution < 1.29 is 4.92 Å². The summed E-state index contributed by atoms with van der Waals surface area (Å²) in [5.41, 5.74) is 0.00206. The lowest BCUT2D eigenvalue weighted by Gasteiger charge is -2.25. The molecule has 1 aromatic rings. The van der Waals surface area contributed by atoms with E-state index in [-0.39, 0.29) is 5.69 Å². The average molecular weight is 282 g/mol. The fourth-order valence-corrected chi connectivity index (χ4v) is 3.75. The molecule has 1 saturated carbocycles. The van der Waals surface area contributed by atoms with Gasteiger partial charge in [-0.3, -0.25) is 10.1 Å². The Balaban J connectivity index is 2.19. The summed E-state index contributed by atoms with van der Waals surface area (Å²) in [6.45, 7) is 2.24. The molecule has 1 aromatic heterocycles. The minimum absolute atomic E-state index is 0.00206. The van der Waals surface area contributed by atoms with E-state index in [9.17, 15) is 10.1 Å². The minimum Gasteiger partial charge on any atom is -0.357 e. The second kappa shape index (κ2) is 6.18. The van der Waals surface area contributed by atoms with Crippen molar-refractivity contribution in [2.24, 2.45) is 5.92 Å². The molecule has 6 nitrogen and oxygen atoms in total. The zero-order valence-corrected chi connectivity index (χ0v) is 11.9. The van der Waals surface area contributed by atoms with Gasteiger partial charge in [-0.2, -0.15) is 4.98 Å². The van der Waals surface area contributed by atoms with Gasteiger partial charge in [-0.25, -0.2) is 4.98 Å². The monoisotopic (exact) mass is 282 g/mol. The van der Waals surface area contributed by atoms with Crippen LogP contribution < -0.4 is 5.32 Å². The Labute approximate surface area is 116 Å². The first-order chi connectivity index (χ1) is 9.10. The molecule has 2 rings (SSSR count). The molecule has 1 N–H and O–H groups in total. The van der Waals surface area contributed by atoms with Gasteiger partial charge in [0.25, 0.3) is 0 Å². The van der Waals surface area contributed by atoms with E-state index >= 15 is 0 Å². The molecule has 0 aliphatic heterocycles. The molecular weight excluding hydrogens is 264 g/mol. The van der Waals surface area contributed by atoms with Gasteiger partial charge in [0.05, 0.1) is 4.92 Å². The van der Waals surface area contributed by atoms with Crippen molar-refractivity contribution >= 4 is 23.4 Å². The summed E-state index contributed by atoms with van der Waals surface area (Å²) < 4.78 is 0. The molecule has 104 valence electrons. The predicted octanol–water partition coefficient (Wildman–Crippen LogP) is 3.10. The van der Waals surface area contributed by atoms with E-state index in [0.717, 1.165) is 12.8 Å². The molecule has 0 saturated heterocycles. The van der Waals surface area contributed by atoms with Crippen molar-refractivity contribution in [2.75, 3.05) is 12.4 Å². The molecule has 0 bridgehead atoms. The van der Waals surface area contributed by atoms with E-state index in [1.165, 1.54) is 30.8 Å². The number of nitrogens with one attached hydrogen (secondary N) is 1. The van der Waals surface area contributed by atoms with Crippen LogP contribution in [0.1, 0.15) is 32.6 Å². The summed E-state index contributed by atoms with van der Waals surface area (Å²) >= 11 is 1.52. The van der Waals surface area contributed by atoms with Crippen LogP contribution in [-0.4, -0.2) is 27.2 Å². The number of aromatic nitrogens is 2. The maximum absolute atomic E-state index is 11.0. The highest BCUT2D eigenvalue weighted by Gasteiger charge is 2.25. The van der Waals surface area contributed by atoms with Crippen LogP contribution in [0.5, 0.6) is 0 Å². The van der Waals surface area contributed by atoms with Crippen molar-refractivity contribution in [3.05, 3.63) is 16.3 Å². The molecule has 0 spiro atoms. The highest BCUT2D eigenvalue weighted by Crippen LogP contribution is 2.38. The number of hydrogen-bond acceptors (Lipinski definition) is 6. The molecule has 1 fully saturated rings. The van der Waals surface area contributed by atoms with Gasteiger partial charge in [-0.05, 0) is 18.8 Å². The van der Waals surface area contributed by atoms with Crippen molar-refractivity contribution in [2.45, 2.75) is 42.9 Å². The maximum atomic E-state index is 11.0. The fourth-order valence-electron chi connectivity index (χ4n) is 2.34. The van der Waals surface area contributed by atoms with Gasteiger partial charge >= 0.3 is 5.69 Å². The van der Waals surface area contributed by atoms with Crippen LogP contribution in [0.4, 0.5) is 11.6 Å². The number of nitrogens with zero attached hydrogens (tertiary/aromatic N) is 3. The molecule has 1 aliphatic rings. The van der Waals surface area contributed by atoms with Gasteiger partial charge in [0, 0.05) is 12.3 Å². The van der Waals surface area contributed by atoms with Crippen LogP contribution in [0, 0.1) is 16.0 Å². The fraction of sp³-hybridized carbons (Fsp3) is 0.667. The third-order valence-corrected chi connectivity index (χ3v) is 4.61. The van der Waals surface area contributed by atoms with E-state index in [2.05, 4.69) is 22.2 Å². The molecule has 0 radical (unpaired) electrons. The standard InChI is InChI=1S/C12H18N4O2S/c1-8-4-3-5-9(6-8)19-11-10(16(17)18)7-14-12(13-2)15-11/h7-9H,3-6H2,1-2H3,(H,13,14,15). The summed E-state index contributed by atoms with van der Waals surface area (Å²) in [6.07, 6.45) is 5.93. The molecule has 1 aliphatic carbocycles. The topological polar surface area (TPSA) is 81.0 Å². The maximum Gasteiger partial charge on any atom is 0.319 e. The van der Waals surface area contributed by atoms with E-state index in [1.54, 1.807) is 7.05 Å². The lowest BCUT2D eigenvalue weighted by molar-refractivity contribution is -0.388.